The molecule has 2 fully saturated rings. The van der Waals surface area contributed by atoms with Gasteiger partial charge in [0.15, 0.2) is 5.60 Å². The standard InChI is InChI=1S/C9H14O3/c1-6(2)11-8(10)9-5-3-4-7(9)12-9/h6-7H,3-5H2,1-2H3. The zero-order chi connectivity index (χ0) is 8.77. The fraction of sp³-hybridized carbons (Fsp3) is 0.889. The van der Waals surface area contributed by atoms with Gasteiger partial charge in [0.05, 0.1) is 12.2 Å². The Labute approximate surface area is 72.0 Å². The first kappa shape index (κ1) is 8.05. The Hall–Kier alpha value is -0.570. The van der Waals surface area contributed by atoms with Gasteiger partial charge in [0.25, 0.3) is 0 Å². The summed E-state index contributed by atoms with van der Waals surface area (Å²) >= 11 is 0. The van der Waals surface area contributed by atoms with Crippen molar-refractivity contribution in [2.75, 3.05) is 0 Å². The number of fused-ring (bicyclic) bond motifs is 1. The monoisotopic (exact) mass is 170 g/mol. The van der Waals surface area contributed by atoms with E-state index in [2.05, 4.69) is 0 Å². The Kier molecular flexibility index (Phi) is 1.65. The number of carbonyl (C=O) groups excluding carboxylic acids is 1. The van der Waals surface area contributed by atoms with Gasteiger partial charge in [0.1, 0.15) is 0 Å². The second-order valence-corrected chi connectivity index (χ2v) is 3.84. The third kappa shape index (κ3) is 1.04. The van der Waals surface area contributed by atoms with Gasteiger partial charge in [-0.2, -0.15) is 0 Å². The van der Waals surface area contributed by atoms with Crippen LogP contribution in [0, 0.1) is 0 Å². The molecule has 2 aliphatic rings. The molecule has 1 saturated carbocycles. The predicted molar refractivity (Wildman–Crippen MR) is 42.7 cm³/mol. The highest BCUT2D eigenvalue weighted by molar-refractivity contribution is 5.84. The molecule has 12 heavy (non-hydrogen) atoms. The zero-order valence-corrected chi connectivity index (χ0v) is 7.50. The summed E-state index contributed by atoms with van der Waals surface area (Å²) in [6.07, 6.45) is 3.11. The Morgan fingerprint density at radius 2 is 2.42 bits per heavy atom. The summed E-state index contributed by atoms with van der Waals surface area (Å²) in [5, 5.41) is 0. The van der Waals surface area contributed by atoms with E-state index in [0.29, 0.717) is 0 Å². The summed E-state index contributed by atoms with van der Waals surface area (Å²) < 4.78 is 10.4. The fourth-order valence-corrected chi connectivity index (χ4v) is 1.88. The molecule has 1 saturated heterocycles. The van der Waals surface area contributed by atoms with Crippen LogP contribution < -0.4 is 0 Å². The van der Waals surface area contributed by atoms with Crippen molar-refractivity contribution in [3.63, 3.8) is 0 Å². The average Bonchev–Trinajstić information content (AvgIpc) is 2.55. The van der Waals surface area contributed by atoms with Crippen LogP contribution in [0.15, 0.2) is 0 Å². The SMILES string of the molecule is CC(C)OC(=O)C12CCCC1O2. The van der Waals surface area contributed by atoms with E-state index in [9.17, 15) is 4.79 Å². The Morgan fingerprint density at radius 1 is 1.67 bits per heavy atom. The predicted octanol–water partition coefficient (Wildman–Crippen LogP) is 1.26. The summed E-state index contributed by atoms with van der Waals surface area (Å²) in [7, 11) is 0. The molecule has 2 unspecified atom stereocenters. The lowest BCUT2D eigenvalue weighted by Crippen LogP contribution is -2.28. The largest absolute Gasteiger partial charge is 0.461 e. The summed E-state index contributed by atoms with van der Waals surface area (Å²) in [4.78, 5) is 11.5. The fourth-order valence-electron chi connectivity index (χ4n) is 1.88. The van der Waals surface area contributed by atoms with Gasteiger partial charge in [-0.15, -0.1) is 0 Å². The molecular formula is C9H14O3. The highest BCUT2D eigenvalue weighted by Crippen LogP contribution is 2.50. The van der Waals surface area contributed by atoms with Crippen LogP contribution in [0.2, 0.25) is 0 Å². The van der Waals surface area contributed by atoms with Gasteiger partial charge in [0.2, 0.25) is 0 Å². The lowest BCUT2D eigenvalue weighted by Gasteiger charge is -2.11. The lowest BCUT2D eigenvalue weighted by atomic mass is 10.1. The summed E-state index contributed by atoms with van der Waals surface area (Å²) in [6, 6.07) is 0. The molecular weight excluding hydrogens is 156 g/mol. The van der Waals surface area contributed by atoms with Crippen LogP contribution in [0.3, 0.4) is 0 Å². The van der Waals surface area contributed by atoms with E-state index in [1.807, 2.05) is 13.8 Å². The molecule has 0 aromatic heterocycles. The quantitative estimate of drug-likeness (QED) is 0.462. The number of ether oxygens (including phenoxy) is 2. The average molecular weight is 170 g/mol. The minimum Gasteiger partial charge on any atom is -0.461 e. The number of rotatable bonds is 2. The van der Waals surface area contributed by atoms with E-state index < -0.39 is 5.60 Å². The number of hydrogen-bond acceptors (Lipinski definition) is 3. The molecule has 3 heteroatoms. The molecule has 3 nitrogen and oxygen atoms in total. The first-order valence-corrected chi connectivity index (χ1v) is 4.54. The van der Waals surface area contributed by atoms with Crippen LogP contribution in [-0.4, -0.2) is 23.8 Å². The highest BCUT2D eigenvalue weighted by atomic mass is 16.7. The van der Waals surface area contributed by atoms with E-state index in [0.717, 1.165) is 19.3 Å². The van der Waals surface area contributed by atoms with E-state index >= 15 is 0 Å². The van der Waals surface area contributed by atoms with Crippen LogP contribution in [-0.2, 0) is 14.3 Å². The third-order valence-corrected chi connectivity index (χ3v) is 2.52. The number of hydrogen-bond donors (Lipinski definition) is 0. The van der Waals surface area contributed by atoms with Gasteiger partial charge in [-0.3, -0.25) is 0 Å². The molecule has 0 bridgehead atoms. The maximum absolute atomic E-state index is 11.5. The van der Waals surface area contributed by atoms with E-state index in [1.165, 1.54) is 0 Å². The topological polar surface area (TPSA) is 38.8 Å². The molecule has 0 aromatic rings. The van der Waals surface area contributed by atoms with Crippen LogP contribution in [0.5, 0.6) is 0 Å². The van der Waals surface area contributed by atoms with Gasteiger partial charge < -0.3 is 9.47 Å². The van der Waals surface area contributed by atoms with Gasteiger partial charge in [-0.1, -0.05) is 0 Å². The second-order valence-electron chi connectivity index (χ2n) is 3.84. The van der Waals surface area contributed by atoms with Gasteiger partial charge in [-0.25, -0.2) is 4.79 Å². The van der Waals surface area contributed by atoms with Crippen molar-refractivity contribution < 1.29 is 14.3 Å². The first-order chi connectivity index (χ1) is 5.65. The molecule has 2 atom stereocenters. The van der Waals surface area contributed by atoms with Crippen molar-refractivity contribution in [1.29, 1.82) is 0 Å². The minimum atomic E-state index is -0.510. The van der Waals surface area contributed by atoms with Gasteiger partial charge in [0, 0.05) is 0 Å². The van der Waals surface area contributed by atoms with Crippen molar-refractivity contribution in [1.82, 2.24) is 0 Å². The molecule has 0 aromatic carbocycles. The number of carbonyl (C=O) groups is 1. The summed E-state index contributed by atoms with van der Waals surface area (Å²) in [5.74, 6) is -0.153. The van der Waals surface area contributed by atoms with Gasteiger partial charge in [-0.05, 0) is 33.1 Å². The number of epoxide rings is 1. The van der Waals surface area contributed by atoms with Crippen LogP contribution >= 0.6 is 0 Å². The molecule has 0 N–H and O–H groups in total. The van der Waals surface area contributed by atoms with Crippen molar-refractivity contribution in [2.45, 2.75) is 50.9 Å². The molecule has 68 valence electrons. The molecule has 0 amide bonds. The second kappa shape index (κ2) is 2.46. The van der Waals surface area contributed by atoms with E-state index in [-0.39, 0.29) is 18.2 Å². The maximum atomic E-state index is 11.5. The van der Waals surface area contributed by atoms with Gasteiger partial charge >= 0.3 is 5.97 Å². The smallest absolute Gasteiger partial charge is 0.341 e. The Balaban J connectivity index is 1.97. The molecule has 1 heterocycles. The van der Waals surface area contributed by atoms with Crippen molar-refractivity contribution in [2.24, 2.45) is 0 Å². The third-order valence-electron chi connectivity index (χ3n) is 2.52. The summed E-state index contributed by atoms with van der Waals surface area (Å²) in [5.41, 5.74) is -0.510. The molecule has 0 spiro atoms. The van der Waals surface area contributed by atoms with E-state index in [4.69, 9.17) is 9.47 Å². The van der Waals surface area contributed by atoms with Crippen molar-refractivity contribution in [3.05, 3.63) is 0 Å². The van der Waals surface area contributed by atoms with E-state index in [1.54, 1.807) is 0 Å². The minimum absolute atomic E-state index is 0.0303. The Bertz CT molecular complexity index is 212. The molecule has 1 aliphatic heterocycles. The van der Waals surface area contributed by atoms with Crippen molar-refractivity contribution in [3.8, 4) is 0 Å². The van der Waals surface area contributed by atoms with Crippen LogP contribution in [0.1, 0.15) is 33.1 Å². The maximum Gasteiger partial charge on any atom is 0.341 e. The molecule has 0 radical (unpaired) electrons. The summed E-state index contributed by atoms with van der Waals surface area (Å²) in [6.45, 7) is 3.72. The normalized spacial score (nSPS) is 38.1. The molecule has 2 rings (SSSR count). The van der Waals surface area contributed by atoms with Crippen LogP contribution in [0.25, 0.3) is 0 Å². The highest BCUT2D eigenvalue weighted by Gasteiger charge is 2.66. The molecule has 1 aliphatic carbocycles. The van der Waals surface area contributed by atoms with Crippen molar-refractivity contribution >= 4 is 5.97 Å². The number of esters is 1. The van der Waals surface area contributed by atoms with Crippen LogP contribution in [0.4, 0.5) is 0 Å². The first-order valence-electron chi connectivity index (χ1n) is 4.54. The lowest BCUT2D eigenvalue weighted by molar-refractivity contribution is -0.154. The zero-order valence-electron chi connectivity index (χ0n) is 7.50. The Morgan fingerprint density at radius 3 is 2.83 bits per heavy atom.